The van der Waals surface area contributed by atoms with Crippen LogP contribution in [0.15, 0.2) is 24.3 Å². The van der Waals surface area contributed by atoms with Gasteiger partial charge in [-0.2, -0.15) is 5.06 Å². The highest BCUT2D eigenvalue weighted by Crippen LogP contribution is 2.55. The maximum atomic E-state index is 13.3. The van der Waals surface area contributed by atoms with Crippen LogP contribution in [0.3, 0.4) is 0 Å². The van der Waals surface area contributed by atoms with E-state index >= 15 is 0 Å². The molecule has 0 radical (unpaired) electrons. The lowest BCUT2D eigenvalue weighted by Crippen LogP contribution is -2.69. The van der Waals surface area contributed by atoms with Gasteiger partial charge >= 0.3 is 5.97 Å². The minimum atomic E-state index is -1.16. The number of hydroxylamine groups is 2. The second-order valence-electron chi connectivity index (χ2n) is 7.71. The molecule has 3 heterocycles. The van der Waals surface area contributed by atoms with Crippen molar-refractivity contribution in [1.82, 2.24) is 10.4 Å². The smallest absolute Gasteiger partial charge is 0.327 e. The van der Waals surface area contributed by atoms with Crippen LogP contribution in [0.25, 0.3) is 0 Å². The van der Waals surface area contributed by atoms with Crippen molar-refractivity contribution in [2.75, 3.05) is 19.9 Å². The minimum Gasteiger partial charge on any atom is -0.458 e. The number of aliphatic hydroxyl groups excluding tert-OH is 1. The summed E-state index contributed by atoms with van der Waals surface area (Å²) in [4.78, 5) is 32.5. The molecule has 4 aliphatic rings. The van der Waals surface area contributed by atoms with E-state index in [0.29, 0.717) is 13.0 Å². The molecule has 29 heavy (non-hydrogen) atoms. The van der Waals surface area contributed by atoms with Crippen molar-refractivity contribution in [3.05, 3.63) is 33.4 Å². The zero-order chi connectivity index (χ0) is 20.2. The van der Waals surface area contributed by atoms with Crippen molar-refractivity contribution in [1.29, 1.82) is 0 Å². The summed E-state index contributed by atoms with van der Waals surface area (Å²) >= 11 is 2.23. The summed E-state index contributed by atoms with van der Waals surface area (Å²) in [5, 5.41) is 13.5. The lowest BCUT2D eigenvalue weighted by molar-refractivity contribution is -0.201. The van der Waals surface area contributed by atoms with Crippen LogP contribution in [0.5, 0.6) is 0 Å². The molecule has 1 aromatic rings. The number of carbonyl (C=O) groups excluding carboxylic acids is 2. The number of esters is 1. The fourth-order valence-corrected chi connectivity index (χ4v) is 5.30. The number of halogens is 1. The maximum absolute atomic E-state index is 13.3. The van der Waals surface area contributed by atoms with Gasteiger partial charge in [0.05, 0.1) is 13.2 Å². The zero-order valence-corrected chi connectivity index (χ0v) is 17.6. The number of nitrogens with one attached hydrogen (secondary N) is 1. The zero-order valence-electron chi connectivity index (χ0n) is 15.5. The lowest BCUT2D eigenvalue weighted by Gasteiger charge is -2.48. The van der Waals surface area contributed by atoms with Crippen LogP contribution in [0.2, 0.25) is 0 Å². The van der Waals surface area contributed by atoms with Gasteiger partial charge in [-0.25, -0.2) is 0 Å². The fourth-order valence-electron chi connectivity index (χ4n) is 4.94. The van der Waals surface area contributed by atoms with Gasteiger partial charge < -0.3 is 24.6 Å². The van der Waals surface area contributed by atoms with E-state index in [1.165, 1.54) is 0 Å². The van der Waals surface area contributed by atoms with Crippen molar-refractivity contribution in [3.8, 4) is 0 Å². The Balaban J connectivity index is 1.53. The minimum absolute atomic E-state index is 0.0688. The Hall–Kier alpha value is -1.31. The first-order valence-corrected chi connectivity index (χ1v) is 10.6. The molecule has 3 saturated heterocycles. The van der Waals surface area contributed by atoms with Crippen molar-refractivity contribution >= 4 is 34.5 Å². The van der Waals surface area contributed by atoms with Gasteiger partial charge in [-0.15, -0.1) is 0 Å². The van der Waals surface area contributed by atoms with Gasteiger partial charge in [-0.1, -0.05) is 12.1 Å². The molecule has 9 nitrogen and oxygen atoms in total. The number of ether oxygens (including phenoxy) is 3. The van der Waals surface area contributed by atoms with Crippen LogP contribution >= 0.6 is 22.6 Å². The quantitative estimate of drug-likeness (QED) is 0.415. The second-order valence-corrected chi connectivity index (χ2v) is 8.96. The van der Waals surface area contributed by atoms with E-state index in [1.54, 1.807) is 5.06 Å². The molecule has 156 valence electrons. The van der Waals surface area contributed by atoms with E-state index in [1.807, 2.05) is 24.3 Å². The molecule has 1 saturated carbocycles. The van der Waals surface area contributed by atoms with E-state index < -0.39 is 41.8 Å². The number of aliphatic hydroxyl groups is 1. The van der Waals surface area contributed by atoms with E-state index in [-0.39, 0.29) is 25.9 Å². The highest BCUT2D eigenvalue weighted by atomic mass is 127. The molecule has 10 heteroatoms. The first kappa shape index (κ1) is 19.6. The third kappa shape index (κ3) is 3.00. The number of fused-ring (bicyclic) bond motifs is 4. The monoisotopic (exact) mass is 516 g/mol. The molecule has 3 aliphatic heterocycles. The first-order valence-electron chi connectivity index (χ1n) is 9.55. The number of carbonyl (C=O) groups is 2. The number of nitrogens with zero attached hydrogens (tertiary/aromatic N) is 1. The third-order valence-corrected chi connectivity index (χ3v) is 6.86. The summed E-state index contributed by atoms with van der Waals surface area (Å²) in [5.41, 5.74) is -0.210. The first-order chi connectivity index (χ1) is 14.0. The molecule has 0 aromatic heterocycles. The highest BCUT2D eigenvalue weighted by Gasteiger charge is 2.74. The van der Waals surface area contributed by atoms with Gasteiger partial charge in [-0.3, -0.25) is 14.4 Å². The molecular weight excluding hydrogens is 495 g/mol. The summed E-state index contributed by atoms with van der Waals surface area (Å²) in [6.07, 6.45) is -1.91. The van der Waals surface area contributed by atoms with Crippen LogP contribution in [0.1, 0.15) is 12.0 Å². The summed E-state index contributed by atoms with van der Waals surface area (Å²) in [7, 11) is 0. The van der Waals surface area contributed by atoms with E-state index in [2.05, 4.69) is 27.9 Å². The highest BCUT2D eigenvalue weighted by molar-refractivity contribution is 14.1. The van der Waals surface area contributed by atoms with Gasteiger partial charge in [0, 0.05) is 16.5 Å². The van der Waals surface area contributed by atoms with Gasteiger partial charge in [0.15, 0.2) is 6.04 Å². The number of rotatable bonds is 5. The van der Waals surface area contributed by atoms with E-state index in [9.17, 15) is 9.59 Å². The van der Waals surface area contributed by atoms with Crippen molar-refractivity contribution in [2.45, 2.75) is 43.4 Å². The number of hydrogen-bond acceptors (Lipinski definition) is 8. The lowest BCUT2D eigenvalue weighted by atomic mass is 9.62. The standard InChI is InChI=1S/C19H21IN2O7/c20-11-3-1-10(2-4-11)8-22-15-17(24)28-12-7-19(15,18(25)21-5-6-23)16(29-22)14-13(12)26-9-27-14/h1-4,12-16,23H,5-9H2,(H,21,25). The van der Waals surface area contributed by atoms with Crippen molar-refractivity contribution in [3.63, 3.8) is 0 Å². The molecule has 2 N–H and O–H groups in total. The molecule has 4 fully saturated rings. The average molecular weight is 516 g/mol. The predicted octanol–water partition coefficient (Wildman–Crippen LogP) is -0.0589. The van der Waals surface area contributed by atoms with Crippen molar-refractivity contribution < 1.29 is 33.7 Å². The van der Waals surface area contributed by atoms with E-state index in [4.69, 9.17) is 24.2 Å². The molecule has 1 amide bonds. The Kier molecular flexibility index (Phi) is 5.03. The molecule has 6 atom stereocenters. The Bertz CT molecular complexity index is 821. The van der Waals surface area contributed by atoms with Gasteiger partial charge in [0.1, 0.15) is 36.6 Å². The molecule has 6 unspecified atom stereocenters. The summed E-state index contributed by atoms with van der Waals surface area (Å²) < 4.78 is 18.2. The van der Waals surface area contributed by atoms with Crippen LogP contribution in [0.4, 0.5) is 0 Å². The number of amides is 1. The fraction of sp³-hybridized carbons (Fsp3) is 0.579. The number of hydrogen-bond donors (Lipinski definition) is 2. The van der Waals surface area contributed by atoms with Crippen LogP contribution < -0.4 is 5.32 Å². The number of benzene rings is 1. The normalized spacial score (nSPS) is 37.9. The van der Waals surface area contributed by atoms with Crippen LogP contribution in [-0.4, -0.2) is 72.4 Å². The molecule has 5 rings (SSSR count). The summed E-state index contributed by atoms with van der Waals surface area (Å²) in [6.45, 7) is 0.302. The maximum Gasteiger partial charge on any atom is 0.327 e. The predicted molar refractivity (Wildman–Crippen MR) is 105 cm³/mol. The Morgan fingerprint density at radius 3 is 2.79 bits per heavy atom. The molecule has 0 spiro atoms. The SMILES string of the molecule is O=C1OC2CC3(C(=O)NCCO)C(ON(Cc4ccc(I)cc4)C13)C1OCOC21. The molecular formula is C19H21IN2O7. The van der Waals surface area contributed by atoms with E-state index in [0.717, 1.165) is 9.13 Å². The Morgan fingerprint density at radius 1 is 1.28 bits per heavy atom. The van der Waals surface area contributed by atoms with Gasteiger partial charge in [0.2, 0.25) is 5.91 Å². The summed E-state index contributed by atoms with van der Waals surface area (Å²) in [5.74, 6) is -0.829. The van der Waals surface area contributed by atoms with Gasteiger partial charge in [-0.05, 0) is 40.3 Å². The molecule has 1 aliphatic carbocycles. The molecule has 2 bridgehead atoms. The molecule has 1 aromatic carbocycles. The summed E-state index contributed by atoms with van der Waals surface area (Å²) in [6, 6.07) is 6.97. The second kappa shape index (κ2) is 7.43. The Labute approximate surface area is 180 Å². The topological polar surface area (TPSA) is 107 Å². The van der Waals surface area contributed by atoms with Crippen LogP contribution in [0, 0.1) is 8.99 Å². The Morgan fingerprint density at radius 2 is 2.03 bits per heavy atom. The van der Waals surface area contributed by atoms with Crippen molar-refractivity contribution in [2.24, 2.45) is 5.41 Å². The average Bonchev–Trinajstić information content (AvgIpc) is 3.32. The van der Waals surface area contributed by atoms with Crippen LogP contribution in [-0.2, 0) is 35.2 Å². The van der Waals surface area contributed by atoms with Gasteiger partial charge in [0.25, 0.3) is 0 Å². The third-order valence-electron chi connectivity index (χ3n) is 6.14. The largest absolute Gasteiger partial charge is 0.458 e.